The van der Waals surface area contributed by atoms with Crippen LogP contribution < -0.4 is 10.6 Å². The molecule has 1 heterocycles. The van der Waals surface area contributed by atoms with Gasteiger partial charge in [-0.05, 0) is 22.9 Å². The predicted octanol–water partition coefficient (Wildman–Crippen LogP) is 2.63. The Morgan fingerprint density at radius 2 is 1.38 bits per heavy atom. The first-order valence-corrected chi connectivity index (χ1v) is 4.44. The van der Waals surface area contributed by atoms with Crippen LogP contribution in [0.25, 0.3) is 10.8 Å². The van der Waals surface area contributed by atoms with Gasteiger partial charge in [-0.25, -0.2) is 0 Å². The number of benzene rings is 2. The number of rotatable bonds is 0. The third-order valence-electron chi connectivity index (χ3n) is 2.44. The lowest BCUT2D eigenvalue weighted by atomic mass is 10.1. The Balaban J connectivity index is 2.36. The van der Waals surface area contributed by atoms with Gasteiger partial charge in [0.2, 0.25) is 0 Å². The van der Waals surface area contributed by atoms with Crippen molar-refractivity contribution in [1.29, 1.82) is 0 Å². The Bertz CT molecular complexity index is 420. The van der Waals surface area contributed by atoms with E-state index in [0.717, 1.165) is 6.67 Å². The quantitative estimate of drug-likeness (QED) is 0.635. The van der Waals surface area contributed by atoms with Gasteiger partial charge in [0.1, 0.15) is 0 Å². The van der Waals surface area contributed by atoms with Gasteiger partial charge in [-0.2, -0.15) is 0 Å². The van der Waals surface area contributed by atoms with Gasteiger partial charge in [-0.15, -0.1) is 0 Å². The molecule has 2 aromatic carbocycles. The molecule has 2 N–H and O–H groups in total. The zero-order chi connectivity index (χ0) is 8.67. The van der Waals surface area contributed by atoms with E-state index in [1.807, 2.05) is 0 Å². The van der Waals surface area contributed by atoms with Crippen molar-refractivity contribution in [2.75, 3.05) is 17.3 Å². The van der Waals surface area contributed by atoms with E-state index < -0.39 is 0 Å². The maximum absolute atomic E-state index is 3.28. The average Bonchev–Trinajstić information content (AvgIpc) is 2.61. The molecule has 64 valence electrons. The molecular weight excluding hydrogens is 160 g/mol. The van der Waals surface area contributed by atoms with Crippen LogP contribution in [-0.4, -0.2) is 6.67 Å². The van der Waals surface area contributed by atoms with Gasteiger partial charge >= 0.3 is 0 Å². The highest BCUT2D eigenvalue weighted by Gasteiger charge is 2.08. The van der Waals surface area contributed by atoms with Crippen LogP contribution in [0.3, 0.4) is 0 Å². The van der Waals surface area contributed by atoms with Crippen LogP contribution in [0.1, 0.15) is 0 Å². The molecule has 1 aliphatic heterocycles. The third kappa shape index (κ3) is 0.952. The molecule has 0 spiro atoms. The first kappa shape index (κ1) is 6.78. The van der Waals surface area contributed by atoms with Gasteiger partial charge in [-0.1, -0.05) is 24.3 Å². The van der Waals surface area contributed by atoms with Crippen LogP contribution in [0.5, 0.6) is 0 Å². The number of nitrogens with one attached hydrogen (secondary N) is 2. The molecule has 2 heteroatoms. The molecule has 13 heavy (non-hydrogen) atoms. The highest BCUT2D eigenvalue weighted by molar-refractivity contribution is 5.93. The van der Waals surface area contributed by atoms with Gasteiger partial charge in [0, 0.05) is 0 Å². The Labute approximate surface area is 76.6 Å². The molecule has 0 fully saturated rings. The van der Waals surface area contributed by atoms with E-state index in [-0.39, 0.29) is 0 Å². The molecule has 0 radical (unpaired) electrons. The molecule has 0 amide bonds. The summed E-state index contributed by atoms with van der Waals surface area (Å²) in [7, 11) is 0. The minimum atomic E-state index is 0.839. The first-order chi connectivity index (χ1) is 6.43. The van der Waals surface area contributed by atoms with Gasteiger partial charge < -0.3 is 10.6 Å². The summed E-state index contributed by atoms with van der Waals surface area (Å²) in [5.74, 6) is 0. The van der Waals surface area contributed by atoms with Crippen LogP contribution in [0.4, 0.5) is 11.4 Å². The molecule has 2 aromatic rings. The lowest BCUT2D eigenvalue weighted by molar-refractivity contribution is 1.31. The van der Waals surface area contributed by atoms with E-state index in [9.17, 15) is 0 Å². The first-order valence-electron chi connectivity index (χ1n) is 4.44. The van der Waals surface area contributed by atoms with Crippen LogP contribution in [0, 0.1) is 0 Å². The molecule has 0 bridgehead atoms. The summed E-state index contributed by atoms with van der Waals surface area (Å²) in [4.78, 5) is 0. The van der Waals surface area contributed by atoms with E-state index >= 15 is 0 Å². The smallest absolute Gasteiger partial charge is 0.0850 e. The largest absolute Gasteiger partial charge is 0.366 e. The average molecular weight is 170 g/mol. The molecule has 2 nitrogen and oxygen atoms in total. The summed E-state index contributed by atoms with van der Waals surface area (Å²) < 4.78 is 0. The zero-order valence-corrected chi connectivity index (χ0v) is 7.17. The summed E-state index contributed by atoms with van der Waals surface area (Å²) in [5.41, 5.74) is 2.41. The lowest BCUT2D eigenvalue weighted by Crippen LogP contribution is -1.98. The number of hydrogen-bond donors (Lipinski definition) is 2. The SMILES string of the molecule is c1ccc2cc3c(cc2c1)NCN3. The highest BCUT2D eigenvalue weighted by Crippen LogP contribution is 2.30. The fraction of sp³-hybridized carbons (Fsp3) is 0.0909. The molecule has 0 atom stereocenters. The number of hydrogen-bond acceptors (Lipinski definition) is 2. The van der Waals surface area contributed by atoms with Crippen LogP contribution in [-0.2, 0) is 0 Å². The van der Waals surface area contributed by atoms with Gasteiger partial charge in [-0.3, -0.25) is 0 Å². The van der Waals surface area contributed by atoms with Crippen LogP contribution >= 0.6 is 0 Å². The summed E-state index contributed by atoms with van der Waals surface area (Å²) in [6.45, 7) is 0.839. The number of anilines is 2. The van der Waals surface area contributed by atoms with Crippen LogP contribution in [0.15, 0.2) is 36.4 Å². The molecular formula is C11H10N2. The molecule has 0 saturated carbocycles. The molecule has 0 aliphatic carbocycles. The third-order valence-corrected chi connectivity index (χ3v) is 2.44. The summed E-state index contributed by atoms with van der Waals surface area (Å²) in [6, 6.07) is 12.8. The molecule has 0 aromatic heterocycles. The standard InChI is InChI=1S/C11H10N2/c1-2-4-9-6-11-10(12-7-13-11)5-8(9)3-1/h1-6,12-13H,7H2. The van der Waals surface area contributed by atoms with E-state index in [4.69, 9.17) is 0 Å². The van der Waals surface area contributed by atoms with Gasteiger partial charge in [0.25, 0.3) is 0 Å². The minimum absolute atomic E-state index is 0.839. The Morgan fingerprint density at radius 1 is 0.846 bits per heavy atom. The van der Waals surface area contributed by atoms with Crippen molar-refractivity contribution in [3.05, 3.63) is 36.4 Å². The van der Waals surface area contributed by atoms with Crippen molar-refractivity contribution in [3.63, 3.8) is 0 Å². The monoisotopic (exact) mass is 170 g/mol. The Morgan fingerprint density at radius 3 is 1.92 bits per heavy atom. The maximum atomic E-state index is 3.28. The van der Waals surface area contributed by atoms with Crippen molar-refractivity contribution in [3.8, 4) is 0 Å². The maximum Gasteiger partial charge on any atom is 0.0850 e. The zero-order valence-electron chi connectivity index (χ0n) is 7.17. The van der Waals surface area contributed by atoms with Crippen molar-refractivity contribution >= 4 is 22.1 Å². The molecule has 0 unspecified atom stereocenters. The van der Waals surface area contributed by atoms with Crippen molar-refractivity contribution in [1.82, 2.24) is 0 Å². The van der Waals surface area contributed by atoms with Gasteiger partial charge in [0.15, 0.2) is 0 Å². The van der Waals surface area contributed by atoms with E-state index in [1.165, 1.54) is 22.1 Å². The van der Waals surface area contributed by atoms with Crippen molar-refractivity contribution in [2.24, 2.45) is 0 Å². The second-order valence-electron chi connectivity index (χ2n) is 3.28. The molecule has 3 rings (SSSR count). The Kier molecular flexibility index (Phi) is 1.25. The second-order valence-corrected chi connectivity index (χ2v) is 3.28. The summed E-state index contributed by atoms with van der Waals surface area (Å²) in [6.07, 6.45) is 0. The molecule has 1 aliphatic rings. The Hall–Kier alpha value is -1.70. The van der Waals surface area contributed by atoms with Crippen molar-refractivity contribution < 1.29 is 0 Å². The summed E-state index contributed by atoms with van der Waals surface area (Å²) >= 11 is 0. The fourth-order valence-electron chi connectivity index (χ4n) is 1.77. The second kappa shape index (κ2) is 2.39. The lowest BCUT2D eigenvalue weighted by Gasteiger charge is -2.01. The highest BCUT2D eigenvalue weighted by atomic mass is 15.1. The van der Waals surface area contributed by atoms with Crippen LogP contribution in [0.2, 0.25) is 0 Å². The van der Waals surface area contributed by atoms with E-state index in [2.05, 4.69) is 47.0 Å². The minimum Gasteiger partial charge on any atom is -0.366 e. The summed E-state index contributed by atoms with van der Waals surface area (Å²) in [5, 5.41) is 9.14. The topological polar surface area (TPSA) is 24.1 Å². The predicted molar refractivity (Wildman–Crippen MR) is 56.1 cm³/mol. The van der Waals surface area contributed by atoms with E-state index in [0.29, 0.717) is 0 Å². The van der Waals surface area contributed by atoms with Crippen molar-refractivity contribution in [2.45, 2.75) is 0 Å². The van der Waals surface area contributed by atoms with Gasteiger partial charge in [0.05, 0.1) is 18.0 Å². The molecule has 0 saturated heterocycles. The van der Waals surface area contributed by atoms with E-state index in [1.54, 1.807) is 0 Å². The fourth-order valence-corrected chi connectivity index (χ4v) is 1.77. The number of fused-ring (bicyclic) bond motifs is 2. The normalized spacial score (nSPS) is 13.5.